The summed E-state index contributed by atoms with van der Waals surface area (Å²) in [6, 6.07) is -0.0162. The molecule has 0 saturated heterocycles. The minimum Gasteiger partial charge on any atom is -0.460 e. The number of azide groups is 1. The first kappa shape index (κ1) is 10.9. The molecular weight excluding hydrogens is 182 g/mol. The molecule has 0 heterocycles. The predicted molar refractivity (Wildman–Crippen MR) is 51.5 cm³/mol. The first-order valence-electron chi connectivity index (χ1n) is 4.69. The Morgan fingerprint density at radius 3 is 2.50 bits per heavy atom. The number of rotatable bonds is 2. The maximum Gasteiger partial charge on any atom is 0.309 e. The normalized spacial score (nSPS) is 25.9. The van der Waals surface area contributed by atoms with Crippen LogP contribution in [0.2, 0.25) is 0 Å². The first-order chi connectivity index (χ1) is 6.42. The summed E-state index contributed by atoms with van der Waals surface area (Å²) in [5, 5.41) is 3.53. The Hall–Kier alpha value is -1.22. The average Bonchev–Trinajstić information content (AvgIpc) is 1.91. The molecule has 0 bridgehead atoms. The molecule has 14 heavy (non-hydrogen) atoms. The van der Waals surface area contributed by atoms with Gasteiger partial charge in [0.15, 0.2) is 0 Å². The molecule has 0 atom stereocenters. The highest BCUT2D eigenvalue weighted by atomic mass is 16.6. The van der Waals surface area contributed by atoms with Crippen LogP contribution in [0.1, 0.15) is 33.6 Å². The van der Waals surface area contributed by atoms with E-state index in [2.05, 4.69) is 10.0 Å². The van der Waals surface area contributed by atoms with Gasteiger partial charge < -0.3 is 4.74 Å². The maximum absolute atomic E-state index is 11.4. The fourth-order valence-electron chi connectivity index (χ4n) is 1.33. The zero-order chi connectivity index (χ0) is 10.8. The Kier molecular flexibility index (Phi) is 3.01. The second-order valence-corrected chi connectivity index (χ2v) is 4.56. The molecule has 1 rings (SSSR count). The van der Waals surface area contributed by atoms with E-state index in [9.17, 15) is 4.79 Å². The van der Waals surface area contributed by atoms with Crippen LogP contribution in [-0.2, 0) is 9.53 Å². The second kappa shape index (κ2) is 3.88. The molecule has 0 unspecified atom stereocenters. The summed E-state index contributed by atoms with van der Waals surface area (Å²) in [4.78, 5) is 14.1. The van der Waals surface area contributed by atoms with Crippen molar-refractivity contribution in [3.05, 3.63) is 10.4 Å². The molecule has 0 radical (unpaired) electrons. The van der Waals surface area contributed by atoms with Crippen LogP contribution in [0.25, 0.3) is 10.4 Å². The summed E-state index contributed by atoms with van der Waals surface area (Å²) >= 11 is 0. The lowest BCUT2D eigenvalue weighted by molar-refractivity contribution is -0.163. The molecule has 0 aromatic heterocycles. The van der Waals surface area contributed by atoms with Crippen molar-refractivity contribution in [3.8, 4) is 0 Å². The molecule has 0 aromatic carbocycles. The van der Waals surface area contributed by atoms with E-state index in [1.807, 2.05) is 20.8 Å². The van der Waals surface area contributed by atoms with Crippen molar-refractivity contribution in [3.63, 3.8) is 0 Å². The van der Waals surface area contributed by atoms with Gasteiger partial charge in [-0.05, 0) is 39.1 Å². The summed E-state index contributed by atoms with van der Waals surface area (Å²) in [6.45, 7) is 5.53. The lowest BCUT2D eigenvalue weighted by atomic mass is 9.81. The lowest BCUT2D eigenvalue weighted by Crippen LogP contribution is -2.37. The van der Waals surface area contributed by atoms with Crippen molar-refractivity contribution in [2.75, 3.05) is 0 Å². The van der Waals surface area contributed by atoms with Crippen LogP contribution in [0, 0.1) is 5.92 Å². The van der Waals surface area contributed by atoms with Crippen LogP contribution in [0.5, 0.6) is 0 Å². The zero-order valence-corrected chi connectivity index (χ0v) is 8.73. The Bertz CT molecular complexity index is 270. The molecular formula is C9H15N3O2. The predicted octanol–water partition coefficient (Wildman–Crippen LogP) is 2.42. The van der Waals surface area contributed by atoms with Crippen molar-refractivity contribution in [2.24, 2.45) is 11.0 Å². The molecule has 1 aliphatic rings. The molecule has 78 valence electrons. The van der Waals surface area contributed by atoms with Gasteiger partial charge in [0, 0.05) is 11.0 Å². The largest absolute Gasteiger partial charge is 0.460 e. The van der Waals surface area contributed by atoms with Crippen LogP contribution < -0.4 is 0 Å². The van der Waals surface area contributed by atoms with Gasteiger partial charge in [0.05, 0.1) is 5.92 Å². The van der Waals surface area contributed by atoms with E-state index in [1.165, 1.54) is 0 Å². The topological polar surface area (TPSA) is 75.1 Å². The van der Waals surface area contributed by atoms with Crippen molar-refractivity contribution in [2.45, 2.75) is 45.3 Å². The Morgan fingerprint density at radius 2 is 2.07 bits per heavy atom. The van der Waals surface area contributed by atoms with Crippen LogP contribution in [-0.4, -0.2) is 17.6 Å². The molecule has 1 saturated carbocycles. The highest BCUT2D eigenvalue weighted by molar-refractivity contribution is 5.74. The van der Waals surface area contributed by atoms with E-state index in [1.54, 1.807) is 0 Å². The summed E-state index contributed by atoms with van der Waals surface area (Å²) < 4.78 is 5.19. The number of nitrogens with zero attached hydrogens (tertiary/aromatic N) is 3. The molecule has 5 heteroatoms. The number of carbonyl (C=O) groups is 1. The van der Waals surface area contributed by atoms with Gasteiger partial charge in [-0.25, -0.2) is 0 Å². The first-order valence-corrected chi connectivity index (χ1v) is 4.69. The molecule has 0 N–H and O–H groups in total. The van der Waals surface area contributed by atoms with Gasteiger partial charge in [-0.1, -0.05) is 5.11 Å². The third-order valence-corrected chi connectivity index (χ3v) is 2.07. The molecule has 0 aliphatic heterocycles. The van der Waals surface area contributed by atoms with Crippen molar-refractivity contribution >= 4 is 5.97 Å². The van der Waals surface area contributed by atoms with Gasteiger partial charge in [-0.15, -0.1) is 0 Å². The molecule has 0 amide bonds. The minimum atomic E-state index is -0.430. The van der Waals surface area contributed by atoms with Gasteiger partial charge >= 0.3 is 5.97 Å². The lowest BCUT2D eigenvalue weighted by Gasteiger charge is -2.32. The van der Waals surface area contributed by atoms with Gasteiger partial charge in [-0.3, -0.25) is 4.79 Å². The number of hydrogen-bond acceptors (Lipinski definition) is 3. The standard InChI is InChI=1S/C9H15N3O2/c1-9(2,3)14-8(13)6-4-7(5-6)11-12-10/h6-7H,4-5H2,1-3H3. The Morgan fingerprint density at radius 1 is 1.50 bits per heavy atom. The fourth-order valence-corrected chi connectivity index (χ4v) is 1.33. The Labute approximate surface area is 83.1 Å². The van der Waals surface area contributed by atoms with E-state index in [-0.39, 0.29) is 17.9 Å². The number of esters is 1. The quantitative estimate of drug-likeness (QED) is 0.295. The van der Waals surface area contributed by atoms with Crippen LogP contribution in [0.3, 0.4) is 0 Å². The van der Waals surface area contributed by atoms with Gasteiger partial charge in [0.25, 0.3) is 0 Å². The monoisotopic (exact) mass is 197 g/mol. The third-order valence-electron chi connectivity index (χ3n) is 2.07. The van der Waals surface area contributed by atoms with Crippen LogP contribution in [0.4, 0.5) is 0 Å². The van der Waals surface area contributed by atoms with Gasteiger partial charge in [0.1, 0.15) is 5.60 Å². The number of carbonyl (C=O) groups excluding carboxylic acids is 1. The van der Waals surface area contributed by atoms with Crippen molar-refractivity contribution in [1.82, 2.24) is 0 Å². The number of hydrogen-bond donors (Lipinski definition) is 0. The Balaban J connectivity index is 2.33. The van der Waals surface area contributed by atoms with Crippen molar-refractivity contribution < 1.29 is 9.53 Å². The number of ether oxygens (including phenoxy) is 1. The highest BCUT2D eigenvalue weighted by Crippen LogP contribution is 2.32. The molecule has 1 fully saturated rings. The molecule has 5 nitrogen and oxygen atoms in total. The van der Waals surface area contributed by atoms with Gasteiger partial charge in [-0.2, -0.15) is 0 Å². The fraction of sp³-hybridized carbons (Fsp3) is 0.889. The van der Waals surface area contributed by atoms with E-state index in [0.29, 0.717) is 12.8 Å². The second-order valence-electron chi connectivity index (χ2n) is 4.56. The minimum absolute atomic E-state index is 0.0162. The van der Waals surface area contributed by atoms with E-state index >= 15 is 0 Å². The SMILES string of the molecule is CC(C)(C)OC(=O)C1CC(N=[N+]=[N-])C1. The zero-order valence-electron chi connectivity index (χ0n) is 8.73. The maximum atomic E-state index is 11.4. The van der Waals surface area contributed by atoms with E-state index < -0.39 is 5.60 Å². The molecule has 1 aliphatic carbocycles. The summed E-state index contributed by atoms with van der Waals surface area (Å²) in [5.74, 6) is -0.258. The summed E-state index contributed by atoms with van der Waals surface area (Å²) in [5.41, 5.74) is 7.73. The van der Waals surface area contributed by atoms with E-state index in [0.717, 1.165) is 0 Å². The average molecular weight is 197 g/mol. The van der Waals surface area contributed by atoms with E-state index in [4.69, 9.17) is 10.3 Å². The summed E-state index contributed by atoms with van der Waals surface area (Å²) in [7, 11) is 0. The molecule has 0 spiro atoms. The highest BCUT2D eigenvalue weighted by Gasteiger charge is 2.36. The van der Waals surface area contributed by atoms with Crippen molar-refractivity contribution in [1.29, 1.82) is 0 Å². The smallest absolute Gasteiger partial charge is 0.309 e. The molecule has 0 aromatic rings. The van der Waals surface area contributed by atoms with Crippen LogP contribution in [0.15, 0.2) is 5.11 Å². The third kappa shape index (κ3) is 2.92. The van der Waals surface area contributed by atoms with Crippen LogP contribution >= 0.6 is 0 Å². The van der Waals surface area contributed by atoms with Gasteiger partial charge in [0.2, 0.25) is 0 Å². The summed E-state index contributed by atoms with van der Waals surface area (Å²) in [6.07, 6.45) is 1.25.